The third kappa shape index (κ3) is 2.34. The van der Waals surface area contributed by atoms with Crippen LogP contribution in [-0.2, 0) is 0 Å². The van der Waals surface area contributed by atoms with Crippen molar-refractivity contribution in [3.8, 4) is 0 Å². The number of hydrogen-bond donors (Lipinski definition) is 2. The molecule has 0 aromatic carbocycles. The monoisotopic (exact) mass is 206 g/mol. The molecule has 0 unspecified atom stereocenters. The number of nitrogens with one attached hydrogen (secondary N) is 2. The number of rotatable bonds is 2. The molecule has 0 amide bonds. The summed E-state index contributed by atoms with van der Waals surface area (Å²) in [4.78, 5) is 14.5. The van der Waals surface area contributed by atoms with Crippen LogP contribution < -0.4 is 15.5 Å². The summed E-state index contributed by atoms with van der Waals surface area (Å²) in [5.74, 6) is 2.21. The second kappa shape index (κ2) is 4.12. The van der Waals surface area contributed by atoms with Crippen LogP contribution in [0.15, 0.2) is 17.3 Å². The summed E-state index contributed by atoms with van der Waals surface area (Å²) in [6, 6.07) is 1.82. The van der Waals surface area contributed by atoms with Gasteiger partial charge in [-0.15, -0.1) is 0 Å². The number of aromatic nitrogens is 2. The van der Waals surface area contributed by atoms with Crippen molar-refractivity contribution in [1.82, 2.24) is 15.3 Å². The Hall–Kier alpha value is -1.85. The maximum Gasteiger partial charge on any atom is 0.226 e. The molecule has 2 rings (SSSR count). The lowest BCUT2D eigenvalue weighted by molar-refractivity contribution is 0.957. The molecule has 2 heterocycles. The predicted octanol–water partition coefficient (Wildman–Crippen LogP) is -0.0863. The van der Waals surface area contributed by atoms with Gasteiger partial charge in [-0.3, -0.25) is 4.99 Å². The van der Waals surface area contributed by atoms with Gasteiger partial charge in [0.25, 0.3) is 0 Å². The van der Waals surface area contributed by atoms with Crippen LogP contribution in [0.3, 0.4) is 0 Å². The van der Waals surface area contributed by atoms with Gasteiger partial charge in [0, 0.05) is 26.8 Å². The molecule has 15 heavy (non-hydrogen) atoms. The van der Waals surface area contributed by atoms with E-state index in [1.54, 1.807) is 6.20 Å². The number of nitrogens with zero attached hydrogens (tertiary/aromatic N) is 4. The quantitative estimate of drug-likeness (QED) is 0.708. The summed E-state index contributed by atoms with van der Waals surface area (Å²) in [6.07, 6.45) is 1.72. The van der Waals surface area contributed by atoms with E-state index in [4.69, 9.17) is 0 Å². The van der Waals surface area contributed by atoms with Crippen molar-refractivity contribution in [2.24, 2.45) is 4.99 Å². The van der Waals surface area contributed by atoms with E-state index in [9.17, 15) is 0 Å². The maximum absolute atomic E-state index is 4.32. The second-order valence-electron chi connectivity index (χ2n) is 3.42. The molecule has 0 radical (unpaired) electrons. The van der Waals surface area contributed by atoms with Crippen LogP contribution in [0.25, 0.3) is 0 Å². The van der Waals surface area contributed by atoms with Crippen LogP contribution in [0.4, 0.5) is 11.8 Å². The summed E-state index contributed by atoms with van der Waals surface area (Å²) >= 11 is 0. The first kappa shape index (κ1) is 9.70. The molecule has 0 bridgehead atoms. The van der Waals surface area contributed by atoms with Crippen LogP contribution in [0, 0.1) is 0 Å². The van der Waals surface area contributed by atoms with Crippen LogP contribution in [0.5, 0.6) is 0 Å². The van der Waals surface area contributed by atoms with Crippen molar-refractivity contribution < 1.29 is 0 Å². The summed E-state index contributed by atoms with van der Waals surface area (Å²) in [6.45, 7) is 1.70. The molecule has 0 fully saturated rings. The number of anilines is 2. The number of hydrogen-bond acceptors (Lipinski definition) is 6. The molecule has 0 saturated heterocycles. The van der Waals surface area contributed by atoms with E-state index >= 15 is 0 Å². The summed E-state index contributed by atoms with van der Waals surface area (Å²) in [7, 11) is 3.81. The van der Waals surface area contributed by atoms with Gasteiger partial charge in [0.15, 0.2) is 5.96 Å². The molecule has 1 aromatic rings. The molecular formula is C9H14N6. The first-order valence-electron chi connectivity index (χ1n) is 4.81. The molecule has 1 aromatic heterocycles. The molecule has 6 nitrogen and oxygen atoms in total. The van der Waals surface area contributed by atoms with Gasteiger partial charge < -0.3 is 15.5 Å². The van der Waals surface area contributed by atoms with Crippen molar-refractivity contribution in [3.63, 3.8) is 0 Å². The maximum atomic E-state index is 4.32. The fourth-order valence-corrected chi connectivity index (χ4v) is 1.24. The van der Waals surface area contributed by atoms with E-state index < -0.39 is 0 Å². The Balaban J connectivity index is 2.11. The zero-order chi connectivity index (χ0) is 10.7. The Labute approximate surface area is 88.4 Å². The average molecular weight is 206 g/mol. The lowest BCUT2D eigenvalue weighted by Crippen LogP contribution is -2.27. The van der Waals surface area contributed by atoms with Gasteiger partial charge in [0.05, 0.1) is 6.54 Å². The van der Waals surface area contributed by atoms with Gasteiger partial charge in [-0.05, 0) is 6.07 Å². The van der Waals surface area contributed by atoms with E-state index in [-0.39, 0.29) is 0 Å². The van der Waals surface area contributed by atoms with Crippen LogP contribution in [0.1, 0.15) is 0 Å². The Morgan fingerprint density at radius 3 is 3.00 bits per heavy atom. The van der Waals surface area contributed by atoms with E-state index in [0.717, 1.165) is 24.9 Å². The standard InChI is InChI=1S/C9H14N6/c1-15(2)9-12-4-3-7(14-9)13-8-10-5-6-11-8/h3-4H,5-6H2,1-2H3,(H2,10,11,12,13,14). The highest BCUT2D eigenvalue weighted by molar-refractivity contribution is 5.93. The highest BCUT2D eigenvalue weighted by Crippen LogP contribution is 2.07. The number of aliphatic imine (C=N–C) groups is 1. The molecule has 0 atom stereocenters. The van der Waals surface area contributed by atoms with Crippen LogP contribution >= 0.6 is 0 Å². The topological polar surface area (TPSA) is 65.4 Å². The van der Waals surface area contributed by atoms with Crippen molar-refractivity contribution in [3.05, 3.63) is 12.3 Å². The van der Waals surface area contributed by atoms with E-state index in [0.29, 0.717) is 5.95 Å². The Bertz CT molecular complexity index is 373. The van der Waals surface area contributed by atoms with Crippen molar-refractivity contribution in [2.45, 2.75) is 0 Å². The molecule has 1 aliphatic heterocycles. The molecule has 2 N–H and O–H groups in total. The third-order valence-electron chi connectivity index (χ3n) is 1.96. The lowest BCUT2D eigenvalue weighted by Gasteiger charge is -2.11. The molecule has 1 aliphatic rings. The zero-order valence-corrected chi connectivity index (χ0v) is 8.86. The van der Waals surface area contributed by atoms with Crippen LogP contribution in [0.2, 0.25) is 0 Å². The Morgan fingerprint density at radius 1 is 1.47 bits per heavy atom. The van der Waals surface area contributed by atoms with Gasteiger partial charge in [-0.25, -0.2) is 4.98 Å². The van der Waals surface area contributed by atoms with Gasteiger partial charge in [0.2, 0.25) is 5.95 Å². The lowest BCUT2D eigenvalue weighted by atomic mass is 10.5. The SMILES string of the molecule is CN(C)c1nccc(NC2=NCCN2)n1. The third-order valence-corrected chi connectivity index (χ3v) is 1.96. The first-order chi connectivity index (χ1) is 7.25. The number of guanidine groups is 1. The van der Waals surface area contributed by atoms with E-state index in [2.05, 4.69) is 25.6 Å². The normalized spacial score (nSPS) is 14.4. The minimum absolute atomic E-state index is 0.679. The van der Waals surface area contributed by atoms with Crippen LogP contribution in [-0.4, -0.2) is 43.1 Å². The molecule has 0 aliphatic carbocycles. The van der Waals surface area contributed by atoms with Gasteiger partial charge in [-0.1, -0.05) is 0 Å². The van der Waals surface area contributed by atoms with Crippen molar-refractivity contribution in [1.29, 1.82) is 0 Å². The average Bonchev–Trinajstić information content (AvgIpc) is 2.71. The zero-order valence-electron chi connectivity index (χ0n) is 8.86. The first-order valence-corrected chi connectivity index (χ1v) is 4.81. The molecular weight excluding hydrogens is 192 g/mol. The minimum Gasteiger partial charge on any atom is -0.354 e. The molecule has 0 spiro atoms. The van der Waals surface area contributed by atoms with Gasteiger partial charge in [-0.2, -0.15) is 4.98 Å². The van der Waals surface area contributed by atoms with Gasteiger partial charge in [0.1, 0.15) is 5.82 Å². The van der Waals surface area contributed by atoms with Gasteiger partial charge >= 0.3 is 0 Å². The molecule has 0 saturated carbocycles. The van der Waals surface area contributed by atoms with E-state index in [1.165, 1.54) is 0 Å². The van der Waals surface area contributed by atoms with Crippen molar-refractivity contribution >= 4 is 17.7 Å². The predicted molar refractivity (Wildman–Crippen MR) is 60.3 cm³/mol. The summed E-state index contributed by atoms with van der Waals surface area (Å²) in [5, 5.41) is 6.22. The summed E-state index contributed by atoms with van der Waals surface area (Å²) in [5.41, 5.74) is 0. The molecule has 80 valence electrons. The smallest absolute Gasteiger partial charge is 0.226 e. The minimum atomic E-state index is 0.679. The fourth-order valence-electron chi connectivity index (χ4n) is 1.24. The van der Waals surface area contributed by atoms with Crippen molar-refractivity contribution in [2.75, 3.05) is 37.4 Å². The Morgan fingerprint density at radius 2 is 2.33 bits per heavy atom. The second-order valence-corrected chi connectivity index (χ2v) is 3.42. The molecule has 6 heteroatoms. The Kier molecular flexibility index (Phi) is 2.66. The highest BCUT2D eigenvalue weighted by Gasteiger charge is 2.06. The highest BCUT2D eigenvalue weighted by atomic mass is 15.3. The largest absolute Gasteiger partial charge is 0.354 e. The van der Waals surface area contributed by atoms with E-state index in [1.807, 2.05) is 25.1 Å². The summed E-state index contributed by atoms with van der Waals surface area (Å²) < 4.78 is 0. The fraction of sp³-hybridized carbons (Fsp3) is 0.444.